The van der Waals surface area contributed by atoms with Crippen molar-refractivity contribution >= 4 is 35.0 Å². The second kappa shape index (κ2) is 14.0. The number of benzene rings is 1. The molecule has 0 spiro atoms. The number of amides is 4. The minimum atomic E-state index is -2.67. The number of hydrogen-bond donors (Lipinski definition) is 3. The Morgan fingerprint density at radius 1 is 1.13 bits per heavy atom. The fourth-order valence-corrected chi connectivity index (χ4v) is 6.53. The average Bonchev–Trinajstić information content (AvgIpc) is 3.52. The monoisotopic (exact) mass is 629 g/mol. The molecule has 2 aromatic rings. The number of ether oxygens (including phenoxy) is 1. The van der Waals surface area contributed by atoms with Crippen LogP contribution in [0.2, 0.25) is 0 Å². The minimum Gasteiger partial charge on any atom is -0.396 e. The van der Waals surface area contributed by atoms with E-state index in [1.54, 1.807) is 22.9 Å². The number of carbonyl (C=O) groups is 4. The van der Waals surface area contributed by atoms with E-state index in [1.165, 1.54) is 6.20 Å². The number of nitrogens with two attached hydrogens (primary N) is 1. The maximum absolute atomic E-state index is 13.4. The van der Waals surface area contributed by atoms with Crippen molar-refractivity contribution < 1.29 is 32.7 Å². The molecule has 1 saturated carbocycles. The number of piperidine rings is 1. The number of rotatable bonds is 13. The topological polar surface area (TPSA) is 152 Å². The predicted molar refractivity (Wildman–Crippen MR) is 161 cm³/mol. The van der Waals surface area contributed by atoms with Crippen molar-refractivity contribution in [2.75, 3.05) is 37.8 Å². The number of nitrogens with zero attached hydrogens (tertiary/aromatic N) is 4. The van der Waals surface area contributed by atoms with Gasteiger partial charge in [-0.25, -0.2) is 8.78 Å². The van der Waals surface area contributed by atoms with E-state index >= 15 is 0 Å². The molecule has 4 amide bonds. The van der Waals surface area contributed by atoms with Crippen LogP contribution in [0, 0.1) is 5.92 Å². The standard InChI is InChI=1S/C31H41F2N7O5/c1-3-25(35-22-7-4-6-20-26(22)31(44)40(30(20)43)23-12-13-24(41)36-29(23)42)45-15-5-14-38(2)16-18-8-10-19(11-9-18)39-17-21(34)27(37-39)28(32)33/h4,6-7,17-19,23,25,28,35H,3,5,8-16,34H2,1-2H3,(H,36,41,42). The highest BCUT2D eigenvalue weighted by molar-refractivity contribution is 6.25. The molecule has 3 heterocycles. The van der Waals surface area contributed by atoms with Gasteiger partial charge in [-0.3, -0.25) is 34.1 Å². The number of halogens is 2. The fourth-order valence-electron chi connectivity index (χ4n) is 6.53. The van der Waals surface area contributed by atoms with Gasteiger partial charge in [0.25, 0.3) is 18.2 Å². The third-order valence-corrected chi connectivity index (χ3v) is 8.92. The van der Waals surface area contributed by atoms with E-state index in [0.717, 1.165) is 50.1 Å². The minimum absolute atomic E-state index is 0.0438. The molecule has 244 valence electrons. The lowest BCUT2D eigenvalue weighted by molar-refractivity contribution is -0.136. The number of nitrogens with one attached hydrogen (secondary N) is 2. The summed E-state index contributed by atoms with van der Waals surface area (Å²) in [5.74, 6) is -1.66. The van der Waals surface area contributed by atoms with Crippen LogP contribution in [0.25, 0.3) is 0 Å². The number of nitrogen functional groups attached to an aromatic ring is 1. The Balaban J connectivity index is 1.07. The molecule has 2 unspecified atom stereocenters. The largest absolute Gasteiger partial charge is 0.396 e. The lowest BCUT2D eigenvalue weighted by Crippen LogP contribution is -2.54. The van der Waals surface area contributed by atoms with Gasteiger partial charge in [-0.1, -0.05) is 13.0 Å². The smallest absolute Gasteiger partial charge is 0.284 e. The van der Waals surface area contributed by atoms with Crippen molar-refractivity contribution in [2.45, 2.75) is 83.0 Å². The predicted octanol–water partition coefficient (Wildman–Crippen LogP) is 3.72. The van der Waals surface area contributed by atoms with Crippen LogP contribution in [0.4, 0.5) is 20.2 Å². The van der Waals surface area contributed by atoms with Crippen LogP contribution in [-0.2, 0) is 14.3 Å². The molecule has 12 nitrogen and oxygen atoms in total. The number of imide groups is 2. The molecule has 2 fully saturated rings. The van der Waals surface area contributed by atoms with Gasteiger partial charge in [-0.15, -0.1) is 0 Å². The number of aromatic nitrogens is 2. The second-order valence-electron chi connectivity index (χ2n) is 12.1. The molecule has 45 heavy (non-hydrogen) atoms. The van der Waals surface area contributed by atoms with Crippen LogP contribution in [0.15, 0.2) is 24.4 Å². The van der Waals surface area contributed by atoms with Crippen LogP contribution in [-0.4, -0.2) is 82.2 Å². The van der Waals surface area contributed by atoms with Crippen LogP contribution < -0.4 is 16.4 Å². The first-order valence-electron chi connectivity index (χ1n) is 15.6. The van der Waals surface area contributed by atoms with Gasteiger partial charge in [-0.05, 0) is 70.0 Å². The molecule has 4 N–H and O–H groups in total. The first-order valence-corrected chi connectivity index (χ1v) is 15.6. The zero-order chi connectivity index (χ0) is 32.2. The van der Waals surface area contributed by atoms with E-state index in [-0.39, 0.29) is 41.4 Å². The Hall–Kier alpha value is -3.91. The third kappa shape index (κ3) is 7.17. The fraction of sp³-hybridized carbons (Fsp3) is 0.581. The zero-order valence-electron chi connectivity index (χ0n) is 25.6. The Labute approximate surface area is 260 Å². The highest BCUT2D eigenvalue weighted by Gasteiger charge is 2.45. The maximum Gasteiger partial charge on any atom is 0.284 e. The molecule has 1 aromatic heterocycles. The molecule has 0 bridgehead atoms. The van der Waals surface area contributed by atoms with Gasteiger partial charge in [0.05, 0.1) is 29.5 Å². The Kier molecular flexibility index (Phi) is 10.1. The highest BCUT2D eigenvalue weighted by Crippen LogP contribution is 2.35. The van der Waals surface area contributed by atoms with Crippen LogP contribution in [0.1, 0.15) is 97.2 Å². The van der Waals surface area contributed by atoms with E-state index in [9.17, 15) is 28.0 Å². The van der Waals surface area contributed by atoms with Crippen molar-refractivity contribution in [3.05, 3.63) is 41.2 Å². The maximum atomic E-state index is 13.4. The summed E-state index contributed by atoms with van der Waals surface area (Å²) in [6.07, 6.45) is 3.74. The molecule has 1 saturated heterocycles. The van der Waals surface area contributed by atoms with Gasteiger partial charge in [0.15, 0.2) is 5.69 Å². The van der Waals surface area contributed by atoms with Gasteiger partial charge < -0.3 is 20.7 Å². The third-order valence-electron chi connectivity index (χ3n) is 8.92. The van der Waals surface area contributed by atoms with E-state index in [0.29, 0.717) is 24.6 Å². The summed E-state index contributed by atoms with van der Waals surface area (Å²) < 4.78 is 33.8. The van der Waals surface area contributed by atoms with Gasteiger partial charge in [0, 0.05) is 31.4 Å². The summed E-state index contributed by atoms with van der Waals surface area (Å²) in [7, 11) is 2.08. The first kappa shape index (κ1) is 32.5. The molecular weight excluding hydrogens is 588 g/mol. The lowest BCUT2D eigenvalue weighted by atomic mass is 9.86. The van der Waals surface area contributed by atoms with E-state index < -0.39 is 42.3 Å². The number of hydrogen-bond acceptors (Lipinski definition) is 9. The first-order chi connectivity index (χ1) is 21.6. The number of carbonyl (C=O) groups excluding carboxylic acids is 4. The van der Waals surface area contributed by atoms with Crippen molar-refractivity contribution in [2.24, 2.45) is 5.92 Å². The van der Waals surface area contributed by atoms with Crippen molar-refractivity contribution in [1.82, 2.24) is 24.9 Å². The molecule has 1 aliphatic carbocycles. The molecule has 14 heteroatoms. The molecule has 3 aliphatic rings. The van der Waals surface area contributed by atoms with E-state index in [2.05, 4.69) is 27.7 Å². The Morgan fingerprint density at radius 3 is 2.56 bits per heavy atom. The summed E-state index contributed by atoms with van der Waals surface area (Å²) in [5, 5.41) is 9.49. The number of anilines is 2. The summed E-state index contributed by atoms with van der Waals surface area (Å²) in [4.78, 5) is 53.7. The van der Waals surface area contributed by atoms with Gasteiger partial charge in [0.1, 0.15) is 12.3 Å². The molecular formula is C31H41F2N7O5. The zero-order valence-corrected chi connectivity index (χ0v) is 25.6. The van der Waals surface area contributed by atoms with Crippen molar-refractivity contribution in [1.29, 1.82) is 0 Å². The highest BCUT2D eigenvalue weighted by atomic mass is 19.3. The van der Waals surface area contributed by atoms with Gasteiger partial charge in [0.2, 0.25) is 11.8 Å². The number of fused-ring (bicyclic) bond motifs is 1. The molecule has 2 aliphatic heterocycles. The Bertz CT molecular complexity index is 1420. The quantitative estimate of drug-likeness (QED) is 0.171. The molecule has 0 radical (unpaired) electrons. The summed E-state index contributed by atoms with van der Waals surface area (Å²) in [5.41, 5.74) is 6.29. The Morgan fingerprint density at radius 2 is 1.89 bits per heavy atom. The van der Waals surface area contributed by atoms with Crippen LogP contribution in [0.3, 0.4) is 0 Å². The normalized spacial score (nSPS) is 22.7. The molecule has 5 rings (SSSR count). The summed E-state index contributed by atoms with van der Waals surface area (Å²) in [6.45, 7) is 4.21. The SMILES string of the molecule is CCC(Nc1cccc2c1C(=O)N(C1CCC(=O)NC1=O)C2=O)OCCCN(C)CC1CCC(n2cc(N)c(C(F)F)n2)CC1. The van der Waals surface area contributed by atoms with Gasteiger partial charge >= 0.3 is 0 Å². The molecule has 1 aromatic carbocycles. The second-order valence-corrected chi connectivity index (χ2v) is 12.1. The van der Waals surface area contributed by atoms with E-state index in [1.807, 2.05) is 6.92 Å². The lowest BCUT2D eigenvalue weighted by Gasteiger charge is -2.31. The number of alkyl halides is 2. The molecule has 2 atom stereocenters. The van der Waals surface area contributed by atoms with Crippen LogP contribution in [0.5, 0.6) is 0 Å². The van der Waals surface area contributed by atoms with Crippen molar-refractivity contribution in [3.8, 4) is 0 Å². The van der Waals surface area contributed by atoms with Crippen molar-refractivity contribution in [3.63, 3.8) is 0 Å². The average molecular weight is 630 g/mol. The van der Waals surface area contributed by atoms with Crippen LogP contribution >= 0.6 is 0 Å². The summed E-state index contributed by atoms with van der Waals surface area (Å²) in [6, 6.07) is 4.03. The van der Waals surface area contributed by atoms with Gasteiger partial charge in [-0.2, -0.15) is 5.10 Å². The van der Waals surface area contributed by atoms with E-state index in [4.69, 9.17) is 10.5 Å². The summed E-state index contributed by atoms with van der Waals surface area (Å²) >= 11 is 0.